The van der Waals surface area contributed by atoms with Gasteiger partial charge >= 0.3 is 0 Å². The topological polar surface area (TPSA) is 22.1 Å². The SMILES string of the molecule is COc1cc2c(Cl)ccnc2cc1CCc1ccccc1. The standard InChI is InChI=1S/C18H16ClNO/c1-21-18-12-15-16(19)9-10-20-17(15)11-14(18)8-7-13-5-3-2-4-6-13/h2-6,9-12H,7-8H2,1H3. The lowest BCUT2D eigenvalue weighted by atomic mass is 10.0. The monoisotopic (exact) mass is 297 g/mol. The van der Waals surface area contributed by atoms with Gasteiger partial charge in [-0.1, -0.05) is 41.9 Å². The molecule has 0 aliphatic heterocycles. The van der Waals surface area contributed by atoms with Crippen LogP contribution in [-0.4, -0.2) is 12.1 Å². The Kier molecular flexibility index (Phi) is 4.07. The summed E-state index contributed by atoms with van der Waals surface area (Å²) in [5.41, 5.74) is 3.38. The summed E-state index contributed by atoms with van der Waals surface area (Å²) >= 11 is 6.22. The second-order valence-electron chi connectivity index (χ2n) is 4.96. The molecule has 0 unspecified atom stereocenters. The van der Waals surface area contributed by atoms with Gasteiger partial charge in [-0.2, -0.15) is 0 Å². The van der Waals surface area contributed by atoms with E-state index in [-0.39, 0.29) is 0 Å². The summed E-state index contributed by atoms with van der Waals surface area (Å²) in [5, 5.41) is 1.63. The van der Waals surface area contributed by atoms with Crippen molar-refractivity contribution in [3.8, 4) is 5.75 Å². The van der Waals surface area contributed by atoms with Gasteiger partial charge < -0.3 is 4.74 Å². The van der Waals surface area contributed by atoms with Crippen LogP contribution in [0.15, 0.2) is 54.7 Å². The first-order valence-corrected chi connectivity index (χ1v) is 7.31. The highest BCUT2D eigenvalue weighted by molar-refractivity contribution is 6.35. The van der Waals surface area contributed by atoms with Gasteiger partial charge in [-0.3, -0.25) is 4.98 Å². The maximum atomic E-state index is 6.22. The molecule has 3 heteroatoms. The lowest BCUT2D eigenvalue weighted by Gasteiger charge is -2.11. The molecule has 21 heavy (non-hydrogen) atoms. The van der Waals surface area contributed by atoms with Crippen LogP contribution in [0.25, 0.3) is 10.9 Å². The molecule has 0 atom stereocenters. The molecule has 0 N–H and O–H groups in total. The fraction of sp³-hybridized carbons (Fsp3) is 0.167. The van der Waals surface area contributed by atoms with Crippen molar-refractivity contribution in [3.05, 3.63) is 70.9 Å². The average Bonchev–Trinajstić information content (AvgIpc) is 2.53. The van der Waals surface area contributed by atoms with Crippen molar-refractivity contribution < 1.29 is 4.74 Å². The number of pyridine rings is 1. The summed E-state index contributed by atoms with van der Waals surface area (Å²) in [6, 6.07) is 16.3. The predicted molar refractivity (Wildman–Crippen MR) is 87.2 cm³/mol. The number of benzene rings is 2. The van der Waals surface area contributed by atoms with E-state index >= 15 is 0 Å². The van der Waals surface area contributed by atoms with Crippen LogP contribution in [-0.2, 0) is 12.8 Å². The molecule has 0 spiro atoms. The van der Waals surface area contributed by atoms with Crippen molar-refractivity contribution in [2.45, 2.75) is 12.8 Å². The lowest BCUT2D eigenvalue weighted by Crippen LogP contribution is -1.96. The number of fused-ring (bicyclic) bond motifs is 1. The van der Waals surface area contributed by atoms with Crippen molar-refractivity contribution >= 4 is 22.5 Å². The van der Waals surface area contributed by atoms with Gasteiger partial charge in [0.1, 0.15) is 5.75 Å². The van der Waals surface area contributed by atoms with E-state index in [0.717, 1.165) is 35.1 Å². The van der Waals surface area contributed by atoms with E-state index in [2.05, 4.69) is 35.3 Å². The van der Waals surface area contributed by atoms with Crippen LogP contribution in [0.4, 0.5) is 0 Å². The van der Waals surface area contributed by atoms with E-state index in [4.69, 9.17) is 16.3 Å². The molecule has 0 aliphatic rings. The molecule has 0 aliphatic carbocycles. The normalized spacial score (nSPS) is 10.8. The zero-order chi connectivity index (χ0) is 14.7. The Hall–Kier alpha value is -2.06. The van der Waals surface area contributed by atoms with Gasteiger partial charge in [0.25, 0.3) is 0 Å². The third-order valence-corrected chi connectivity index (χ3v) is 3.95. The highest BCUT2D eigenvalue weighted by Gasteiger charge is 2.09. The minimum Gasteiger partial charge on any atom is -0.496 e. The lowest BCUT2D eigenvalue weighted by molar-refractivity contribution is 0.410. The van der Waals surface area contributed by atoms with Crippen LogP contribution in [0, 0.1) is 0 Å². The number of aromatic nitrogens is 1. The van der Waals surface area contributed by atoms with Gasteiger partial charge in [0.2, 0.25) is 0 Å². The number of ether oxygens (including phenoxy) is 1. The van der Waals surface area contributed by atoms with Crippen LogP contribution >= 0.6 is 11.6 Å². The minimum absolute atomic E-state index is 0.702. The molecule has 3 aromatic rings. The van der Waals surface area contributed by atoms with E-state index in [9.17, 15) is 0 Å². The van der Waals surface area contributed by atoms with E-state index in [1.807, 2.05) is 12.1 Å². The Bertz CT molecular complexity index is 756. The molecule has 0 radical (unpaired) electrons. The van der Waals surface area contributed by atoms with Crippen LogP contribution in [0.5, 0.6) is 5.75 Å². The summed E-state index contributed by atoms with van der Waals surface area (Å²) in [7, 11) is 1.69. The van der Waals surface area contributed by atoms with Gasteiger partial charge in [0, 0.05) is 11.6 Å². The van der Waals surface area contributed by atoms with Gasteiger partial charge in [0.15, 0.2) is 0 Å². The number of methoxy groups -OCH3 is 1. The first-order chi connectivity index (χ1) is 10.3. The summed E-state index contributed by atoms with van der Waals surface area (Å²) in [6.45, 7) is 0. The first-order valence-electron chi connectivity index (χ1n) is 6.93. The number of aryl methyl sites for hydroxylation is 2. The van der Waals surface area contributed by atoms with Crippen LogP contribution < -0.4 is 4.74 Å². The molecule has 0 fully saturated rings. The first kappa shape index (κ1) is 13.9. The molecule has 0 amide bonds. The molecular formula is C18H16ClNO. The number of nitrogens with zero attached hydrogens (tertiary/aromatic N) is 1. The number of rotatable bonds is 4. The smallest absolute Gasteiger partial charge is 0.122 e. The second kappa shape index (κ2) is 6.15. The summed E-state index contributed by atoms with van der Waals surface area (Å²) in [5.74, 6) is 0.869. The Labute approximate surface area is 129 Å². The van der Waals surface area contributed by atoms with Gasteiger partial charge in [-0.05, 0) is 42.2 Å². The summed E-state index contributed by atoms with van der Waals surface area (Å²) < 4.78 is 5.51. The van der Waals surface area contributed by atoms with Crippen LogP contribution in [0.2, 0.25) is 5.02 Å². The number of hydrogen-bond donors (Lipinski definition) is 0. The highest BCUT2D eigenvalue weighted by atomic mass is 35.5. The third kappa shape index (κ3) is 3.01. The number of hydrogen-bond acceptors (Lipinski definition) is 2. The van der Waals surface area contributed by atoms with E-state index in [0.29, 0.717) is 5.02 Å². The fourth-order valence-electron chi connectivity index (χ4n) is 2.49. The maximum absolute atomic E-state index is 6.22. The van der Waals surface area contributed by atoms with Crippen LogP contribution in [0.3, 0.4) is 0 Å². The van der Waals surface area contributed by atoms with Crippen molar-refractivity contribution in [1.82, 2.24) is 4.98 Å². The molecule has 0 saturated heterocycles. The second-order valence-corrected chi connectivity index (χ2v) is 5.37. The fourth-order valence-corrected chi connectivity index (χ4v) is 2.70. The largest absolute Gasteiger partial charge is 0.496 e. The quantitative estimate of drug-likeness (QED) is 0.697. The molecule has 2 aromatic carbocycles. The summed E-state index contributed by atoms with van der Waals surface area (Å²) in [4.78, 5) is 4.39. The van der Waals surface area contributed by atoms with Crippen molar-refractivity contribution in [1.29, 1.82) is 0 Å². The van der Waals surface area contributed by atoms with Gasteiger partial charge in [0.05, 0.1) is 17.6 Å². The predicted octanol–water partition coefficient (Wildman–Crippen LogP) is 4.68. The third-order valence-electron chi connectivity index (χ3n) is 3.62. The molecule has 1 aromatic heterocycles. The van der Waals surface area contributed by atoms with E-state index < -0.39 is 0 Å². The number of halogens is 1. The molecule has 3 rings (SSSR count). The maximum Gasteiger partial charge on any atom is 0.122 e. The van der Waals surface area contributed by atoms with E-state index in [1.54, 1.807) is 19.4 Å². The minimum atomic E-state index is 0.702. The van der Waals surface area contributed by atoms with Crippen LogP contribution in [0.1, 0.15) is 11.1 Å². The summed E-state index contributed by atoms with van der Waals surface area (Å²) in [6.07, 6.45) is 3.62. The zero-order valence-electron chi connectivity index (χ0n) is 11.8. The average molecular weight is 298 g/mol. The van der Waals surface area contributed by atoms with Crippen molar-refractivity contribution in [2.24, 2.45) is 0 Å². The Morgan fingerprint density at radius 1 is 1.05 bits per heavy atom. The van der Waals surface area contributed by atoms with E-state index in [1.165, 1.54) is 5.56 Å². The Morgan fingerprint density at radius 2 is 1.86 bits per heavy atom. The molecule has 0 bridgehead atoms. The van der Waals surface area contributed by atoms with Gasteiger partial charge in [-0.25, -0.2) is 0 Å². The molecule has 2 nitrogen and oxygen atoms in total. The molecule has 106 valence electrons. The van der Waals surface area contributed by atoms with Gasteiger partial charge in [-0.15, -0.1) is 0 Å². The zero-order valence-corrected chi connectivity index (χ0v) is 12.6. The van der Waals surface area contributed by atoms with Crippen molar-refractivity contribution in [2.75, 3.05) is 7.11 Å². The molecule has 1 heterocycles. The molecular weight excluding hydrogens is 282 g/mol. The van der Waals surface area contributed by atoms with Crippen molar-refractivity contribution in [3.63, 3.8) is 0 Å². The highest BCUT2D eigenvalue weighted by Crippen LogP contribution is 2.30. The molecule has 0 saturated carbocycles. The Morgan fingerprint density at radius 3 is 2.62 bits per heavy atom. The Balaban J connectivity index is 1.94.